The smallest absolute Gasteiger partial charge is 0.182 e. The monoisotopic (exact) mass is 363 g/mol. The van der Waals surface area contributed by atoms with Gasteiger partial charge in [0.15, 0.2) is 11.5 Å². The Kier molecular flexibility index (Phi) is 4.47. The van der Waals surface area contributed by atoms with Gasteiger partial charge in [0, 0.05) is 25.7 Å². The van der Waals surface area contributed by atoms with Gasteiger partial charge in [-0.3, -0.25) is 10.9 Å². The van der Waals surface area contributed by atoms with E-state index in [0.29, 0.717) is 17.9 Å². The summed E-state index contributed by atoms with van der Waals surface area (Å²) in [6, 6.07) is 11.3. The van der Waals surface area contributed by atoms with Crippen LogP contribution in [0.4, 0.5) is 5.82 Å². The molecule has 2 aliphatic heterocycles. The molecule has 5 rings (SSSR count). The molecule has 3 N–H and O–H groups in total. The predicted octanol–water partition coefficient (Wildman–Crippen LogP) is 1.90. The summed E-state index contributed by atoms with van der Waals surface area (Å²) >= 11 is 0. The number of benzene rings is 1. The first-order chi connectivity index (χ1) is 13.4. The molecule has 2 fully saturated rings. The first-order valence-corrected chi connectivity index (χ1v) is 9.80. The maximum atomic E-state index is 4.56. The topological polar surface area (TPSA) is 81.8 Å². The molecule has 7 heteroatoms. The zero-order valence-electron chi connectivity index (χ0n) is 15.3. The van der Waals surface area contributed by atoms with Crippen molar-refractivity contribution in [3.8, 4) is 0 Å². The van der Waals surface area contributed by atoms with Crippen molar-refractivity contribution >= 4 is 17.0 Å². The third-order valence-electron chi connectivity index (χ3n) is 5.95. The zero-order chi connectivity index (χ0) is 18.1. The van der Waals surface area contributed by atoms with E-state index in [1.807, 2.05) is 0 Å². The standard InChI is InChI=1S/C20H25N7/c1-2-5-14(6-3-1)9-16-10-25-26-17(16)15-7-4-8-27(11-15)20-18-19(22-12-21-18)23-13-24-20/h1-3,5-6,12-13,15-17,25-26H,4,7-11H2,(H,21,22,23,24). The van der Waals surface area contributed by atoms with Crippen LogP contribution in [-0.2, 0) is 6.42 Å². The number of hydrogen-bond acceptors (Lipinski definition) is 6. The molecule has 0 aliphatic carbocycles. The average molecular weight is 363 g/mol. The number of nitrogens with one attached hydrogen (secondary N) is 3. The number of anilines is 1. The maximum absolute atomic E-state index is 4.56. The van der Waals surface area contributed by atoms with Crippen LogP contribution in [-0.4, -0.2) is 45.6 Å². The Morgan fingerprint density at radius 1 is 1.11 bits per heavy atom. The number of H-pyrrole nitrogens is 1. The molecule has 4 heterocycles. The molecule has 0 saturated carbocycles. The molecule has 0 radical (unpaired) electrons. The zero-order valence-corrected chi connectivity index (χ0v) is 15.3. The lowest BCUT2D eigenvalue weighted by Gasteiger charge is -2.38. The third-order valence-corrected chi connectivity index (χ3v) is 5.95. The first-order valence-electron chi connectivity index (χ1n) is 9.80. The fraction of sp³-hybridized carbons (Fsp3) is 0.450. The highest BCUT2D eigenvalue weighted by molar-refractivity contribution is 5.82. The molecule has 2 aliphatic rings. The second kappa shape index (κ2) is 7.25. The molecule has 140 valence electrons. The first kappa shape index (κ1) is 16.6. The van der Waals surface area contributed by atoms with Gasteiger partial charge in [0.25, 0.3) is 0 Å². The molecule has 1 aromatic carbocycles. The van der Waals surface area contributed by atoms with Crippen molar-refractivity contribution in [3.05, 3.63) is 48.5 Å². The highest BCUT2D eigenvalue weighted by Crippen LogP contribution is 2.31. The van der Waals surface area contributed by atoms with Gasteiger partial charge in [-0.05, 0) is 36.7 Å². The van der Waals surface area contributed by atoms with Gasteiger partial charge < -0.3 is 9.88 Å². The van der Waals surface area contributed by atoms with Gasteiger partial charge in [-0.15, -0.1) is 0 Å². The van der Waals surface area contributed by atoms with Crippen molar-refractivity contribution in [1.29, 1.82) is 0 Å². The van der Waals surface area contributed by atoms with Crippen molar-refractivity contribution in [2.24, 2.45) is 11.8 Å². The minimum absolute atomic E-state index is 0.479. The number of fused-ring (bicyclic) bond motifs is 1. The van der Waals surface area contributed by atoms with Crippen LogP contribution >= 0.6 is 0 Å². The molecule has 7 nitrogen and oxygen atoms in total. The van der Waals surface area contributed by atoms with E-state index in [-0.39, 0.29) is 0 Å². The van der Waals surface area contributed by atoms with Crippen LogP contribution in [0.15, 0.2) is 43.0 Å². The number of piperidine rings is 1. The highest BCUT2D eigenvalue weighted by Gasteiger charge is 2.36. The van der Waals surface area contributed by atoms with E-state index < -0.39 is 0 Å². The summed E-state index contributed by atoms with van der Waals surface area (Å²) in [7, 11) is 0. The fourth-order valence-corrected chi connectivity index (χ4v) is 4.66. The highest BCUT2D eigenvalue weighted by atomic mass is 15.4. The van der Waals surface area contributed by atoms with E-state index in [0.717, 1.165) is 43.0 Å². The van der Waals surface area contributed by atoms with E-state index in [9.17, 15) is 0 Å². The van der Waals surface area contributed by atoms with Crippen LogP contribution in [0.1, 0.15) is 18.4 Å². The lowest BCUT2D eigenvalue weighted by atomic mass is 9.81. The normalized spacial score (nSPS) is 25.9. The van der Waals surface area contributed by atoms with Crippen LogP contribution in [0, 0.1) is 11.8 Å². The summed E-state index contributed by atoms with van der Waals surface area (Å²) in [6.07, 6.45) is 6.86. The van der Waals surface area contributed by atoms with Gasteiger partial charge >= 0.3 is 0 Å². The number of nitrogens with zero attached hydrogens (tertiary/aromatic N) is 4. The number of imidazole rings is 1. The van der Waals surface area contributed by atoms with Crippen molar-refractivity contribution < 1.29 is 0 Å². The Morgan fingerprint density at radius 2 is 2.04 bits per heavy atom. The van der Waals surface area contributed by atoms with Gasteiger partial charge in [0.05, 0.1) is 6.33 Å². The Morgan fingerprint density at radius 3 is 2.96 bits per heavy atom. The van der Waals surface area contributed by atoms with Gasteiger partial charge in [0.1, 0.15) is 11.8 Å². The van der Waals surface area contributed by atoms with Gasteiger partial charge in [0.2, 0.25) is 0 Å². The van der Waals surface area contributed by atoms with Crippen molar-refractivity contribution in [2.45, 2.75) is 25.3 Å². The van der Waals surface area contributed by atoms with E-state index in [4.69, 9.17) is 0 Å². The SMILES string of the molecule is c1ccc(CC2CNNC2C2CCCN(c3ncnc4nc[nH]c34)C2)cc1. The summed E-state index contributed by atoms with van der Waals surface area (Å²) in [5.74, 6) is 2.18. The van der Waals surface area contributed by atoms with E-state index in [2.05, 4.69) is 66.0 Å². The van der Waals surface area contributed by atoms with Gasteiger partial charge in [-0.2, -0.15) is 0 Å². The minimum atomic E-state index is 0.479. The predicted molar refractivity (Wildman–Crippen MR) is 105 cm³/mol. The third kappa shape index (κ3) is 3.28. The maximum Gasteiger partial charge on any atom is 0.182 e. The van der Waals surface area contributed by atoms with E-state index in [1.165, 1.54) is 18.4 Å². The Balaban J connectivity index is 1.34. The molecular formula is C20H25N7. The largest absolute Gasteiger partial charge is 0.354 e. The summed E-state index contributed by atoms with van der Waals surface area (Å²) in [4.78, 5) is 18.7. The van der Waals surface area contributed by atoms with E-state index in [1.54, 1.807) is 12.7 Å². The molecule has 3 atom stereocenters. The van der Waals surface area contributed by atoms with E-state index >= 15 is 0 Å². The van der Waals surface area contributed by atoms with Crippen molar-refractivity contribution in [2.75, 3.05) is 24.5 Å². The van der Waals surface area contributed by atoms with Crippen molar-refractivity contribution in [3.63, 3.8) is 0 Å². The number of aromatic nitrogens is 4. The lowest BCUT2D eigenvalue weighted by Crippen LogP contribution is -2.47. The molecule has 0 amide bonds. The molecule has 0 spiro atoms. The number of rotatable bonds is 4. The quantitative estimate of drug-likeness (QED) is 0.657. The lowest BCUT2D eigenvalue weighted by molar-refractivity contribution is 0.275. The second-order valence-corrected chi connectivity index (χ2v) is 7.65. The van der Waals surface area contributed by atoms with Crippen LogP contribution in [0.3, 0.4) is 0 Å². The van der Waals surface area contributed by atoms with Gasteiger partial charge in [-0.25, -0.2) is 15.0 Å². The number of hydrogen-bond donors (Lipinski definition) is 3. The minimum Gasteiger partial charge on any atom is -0.354 e. The van der Waals surface area contributed by atoms with Crippen molar-refractivity contribution in [1.82, 2.24) is 30.8 Å². The molecule has 3 unspecified atom stereocenters. The Labute approximate surface area is 158 Å². The molecule has 0 bridgehead atoms. The summed E-state index contributed by atoms with van der Waals surface area (Å²) in [5.41, 5.74) is 10.1. The summed E-state index contributed by atoms with van der Waals surface area (Å²) in [5, 5.41) is 0. The summed E-state index contributed by atoms with van der Waals surface area (Å²) in [6.45, 7) is 3.06. The van der Waals surface area contributed by atoms with Crippen LogP contribution in [0.25, 0.3) is 11.2 Å². The fourth-order valence-electron chi connectivity index (χ4n) is 4.66. The van der Waals surface area contributed by atoms with Crippen LogP contribution in [0.5, 0.6) is 0 Å². The molecule has 3 aromatic rings. The average Bonchev–Trinajstić information content (AvgIpc) is 3.38. The molecule has 2 saturated heterocycles. The molecule has 27 heavy (non-hydrogen) atoms. The number of aromatic amines is 1. The van der Waals surface area contributed by atoms with Gasteiger partial charge in [-0.1, -0.05) is 30.3 Å². The molecular weight excluding hydrogens is 338 g/mol. The second-order valence-electron chi connectivity index (χ2n) is 7.65. The van der Waals surface area contributed by atoms with Crippen LogP contribution in [0.2, 0.25) is 0 Å². The molecule has 2 aromatic heterocycles. The van der Waals surface area contributed by atoms with Crippen LogP contribution < -0.4 is 15.8 Å². The Bertz CT molecular complexity index is 893. The number of hydrazine groups is 1. The Hall–Kier alpha value is -2.51. The summed E-state index contributed by atoms with van der Waals surface area (Å²) < 4.78 is 0.